The Kier molecular flexibility index (Phi) is 3.81. The van der Waals surface area contributed by atoms with Crippen LogP contribution >= 0.6 is 11.6 Å². The monoisotopic (exact) mass is 293 g/mol. The highest BCUT2D eigenvalue weighted by Gasteiger charge is 2.30. The molecule has 0 aliphatic carbocycles. The van der Waals surface area contributed by atoms with Crippen molar-refractivity contribution in [3.05, 3.63) is 34.9 Å². The molecule has 3 rings (SSSR count). The van der Waals surface area contributed by atoms with E-state index in [2.05, 4.69) is 15.1 Å². The van der Waals surface area contributed by atoms with Crippen LogP contribution in [0.25, 0.3) is 0 Å². The van der Waals surface area contributed by atoms with Crippen LogP contribution < -0.4 is 0 Å². The zero-order valence-electron chi connectivity index (χ0n) is 12.0. The first kappa shape index (κ1) is 13.6. The molecule has 20 heavy (non-hydrogen) atoms. The Morgan fingerprint density at radius 3 is 2.90 bits per heavy atom. The van der Waals surface area contributed by atoms with Gasteiger partial charge in [-0.1, -0.05) is 11.6 Å². The summed E-state index contributed by atoms with van der Waals surface area (Å²) in [7, 11) is 1.90. The van der Waals surface area contributed by atoms with Crippen LogP contribution in [0.15, 0.2) is 18.5 Å². The predicted molar refractivity (Wildman–Crippen MR) is 78.7 cm³/mol. The van der Waals surface area contributed by atoms with Crippen molar-refractivity contribution in [1.29, 1.82) is 0 Å². The lowest BCUT2D eigenvalue weighted by molar-refractivity contribution is 0.242. The summed E-state index contributed by atoms with van der Waals surface area (Å²) in [5.74, 6) is 0. The standard InChI is InChI=1S/C14H20ClN5/c1-11-13(14(15)18(2)17-11)12-5-3-7-19(12)9-10-20-8-4-6-16-20/h4,6,8,12H,3,5,7,9-10H2,1-2H3/t12-/m1/s1. The minimum Gasteiger partial charge on any atom is -0.294 e. The summed E-state index contributed by atoms with van der Waals surface area (Å²) in [4.78, 5) is 2.50. The Hall–Kier alpha value is -1.33. The minimum absolute atomic E-state index is 0.395. The molecule has 1 atom stereocenters. The number of nitrogens with zero attached hydrogens (tertiary/aromatic N) is 5. The van der Waals surface area contributed by atoms with Gasteiger partial charge in [-0.25, -0.2) is 0 Å². The van der Waals surface area contributed by atoms with Gasteiger partial charge in [0.25, 0.3) is 0 Å². The maximum Gasteiger partial charge on any atom is 0.131 e. The van der Waals surface area contributed by atoms with E-state index >= 15 is 0 Å². The Balaban J connectivity index is 1.75. The molecule has 0 amide bonds. The van der Waals surface area contributed by atoms with Crippen molar-refractivity contribution in [2.45, 2.75) is 32.4 Å². The largest absolute Gasteiger partial charge is 0.294 e. The van der Waals surface area contributed by atoms with E-state index in [1.807, 2.05) is 37.1 Å². The van der Waals surface area contributed by atoms with E-state index in [1.54, 1.807) is 4.68 Å². The molecule has 2 aromatic heterocycles. The van der Waals surface area contributed by atoms with E-state index in [0.717, 1.165) is 36.9 Å². The summed E-state index contributed by atoms with van der Waals surface area (Å²) < 4.78 is 3.75. The van der Waals surface area contributed by atoms with Gasteiger partial charge in [0.15, 0.2) is 0 Å². The van der Waals surface area contributed by atoms with E-state index in [-0.39, 0.29) is 0 Å². The SMILES string of the molecule is Cc1nn(C)c(Cl)c1[C@H]1CCCN1CCn1cccn1. The molecule has 6 heteroatoms. The Morgan fingerprint density at radius 2 is 2.25 bits per heavy atom. The highest BCUT2D eigenvalue weighted by Crippen LogP contribution is 2.37. The van der Waals surface area contributed by atoms with Crippen LogP contribution in [0.5, 0.6) is 0 Å². The first-order valence-corrected chi connectivity index (χ1v) is 7.45. The zero-order chi connectivity index (χ0) is 14.1. The summed E-state index contributed by atoms with van der Waals surface area (Å²) in [6.45, 7) is 5.08. The van der Waals surface area contributed by atoms with Crippen molar-refractivity contribution in [1.82, 2.24) is 24.5 Å². The van der Waals surface area contributed by atoms with Gasteiger partial charge in [-0.2, -0.15) is 10.2 Å². The van der Waals surface area contributed by atoms with Crippen molar-refractivity contribution < 1.29 is 0 Å². The summed E-state index contributed by atoms with van der Waals surface area (Å²) in [6.07, 6.45) is 6.21. The zero-order valence-corrected chi connectivity index (χ0v) is 12.7. The van der Waals surface area contributed by atoms with Gasteiger partial charge in [-0.3, -0.25) is 14.3 Å². The van der Waals surface area contributed by atoms with Crippen molar-refractivity contribution in [3.63, 3.8) is 0 Å². The van der Waals surface area contributed by atoms with Crippen molar-refractivity contribution >= 4 is 11.6 Å². The van der Waals surface area contributed by atoms with Crippen molar-refractivity contribution in [2.75, 3.05) is 13.1 Å². The number of aryl methyl sites for hydroxylation is 2. The van der Waals surface area contributed by atoms with Gasteiger partial charge in [0.1, 0.15) is 5.15 Å². The summed E-state index contributed by atoms with van der Waals surface area (Å²) in [5, 5.41) is 9.48. The maximum absolute atomic E-state index is 6.42. The van der Waals surface area contributed by atoms with Crippen molar-refractivity contribution in [3.8, 4) is 0 Å². The van der Waals surface area contributed by atoms with Crippen LogP contribution in [-0.2, 0) is 13.6 Å². The van der Waals surface area contributed by atoms with Crippen LogP contribution in [0, 0.1) is 6.92 Å². The second kappa shape index (κ2) is 5.58. The summed E-state index contributed by atoms with van der Waals surface area (Å²) in [6, 6.07) is 2.36. The molecule has 3 heterocycles. The van der Waals surface area contributed by atoms with Crippen LogP contribution in [0.4, 0.5) is 0 Å². The fourth-order valence-corrected chi connectivity index (χ4v) is 3.41. The van der Waals surface area contributed by atoms with E-state index in [1.165, 1.54) is 12.0 Å². The first-order chi connectivity index (χ1) is 9.66. The Morgan fingerprint density at radius 1 is 1.40 bits per heavy atom. The molecule has 0 spiro atoms. The van der Waals surface area contributed by atoms with Crippen LogP contribution in [0.2, 0.25) is 5.15 Å². The molecule has 0 aromatic carbocycles. The van der Waals surface area contributed by atoms with Gasteiger partial charge in [0.2, 0.25) is 0 Å². The van der Waals surface area contributed by atoms with Crippen LogP contribution in [0.1, 0.15) is 30.1 Å². The lowest BCUT2D eigenvalue weighted by Crippen LogP contribution is -2.27. The van der Waals surface area contributed by atoms with Crippen LogP contribution in [0.3, 0.4) is 0 Å². The number of aromatic nitrogens is 4. The summed E-state index contributed by atoms with van der Waals surface area (Å²) in [5.41, 5.74) is 2.25. The molecule has 1 saturated heterocycles. The minimum atomic E-state index is 0.395. The number of rotatable bonds is 4. The fraction of sp³-hybridized carbons (Fsp3) is 0.571. The second-order valence-electron chi connectivity index (χ2n) is 5.38. The van der Waals surface area contributed by atoms with Gasteiger partial charge < -0.3 is 0 Å². The molecular formula is C14H20ClN5. The first-order valence-electron chi connectivity index (χ1n) is 7.07. The molecular weight excluding hydrogens is 274 g/mol. The normalized spacial score (nSPS) is 19.9. The molecule has 2 aromatic rings. The molecule has 1 aliphatic rings. The van der Waals surface area contributed by atoms with Gasteiger partial charge in [-0.05, 0) is 32.4 Å². The Labute approximate surface area is 124 Å². The van der Waals surface area contributed by atoms with Gasteiger partial charge in [0, 0.05) is 37.6 Å². The molecule has 108 valence electrons. The highest BCUT2D eigenvalue weighted by atomic mass is 35.5. The molecule has 5 nitrogen and oxygen atoms in total. The molecule has 0 radical (unpaired) electrons. The number of halogens is 1. The lowest BCUT2D eigenvalue weighted by atomic mass is 10.1. The van der Waals surface area contributed by atoms with Gasteiger partial charge in [-0.15, -0.1) is 0 Å². The maximum atomic E-state index is 6.42. The Bertz CT molecular complexity index is 575. The second-order valence-corrected chi connectivity index (χ2v) is 5.73. The van der Waals surface area contributed by atoms with Gasteiger partial charge in [0.05, 0.1) is 12.2 Å². The number of hydrogen-bond donors (Lipinski definition) is 0. The topological polar surface area (TPSA) is 38.9 Å². The fourth-order valence-electron chi connectivity index (χ4n) is 3.11. The van der Waals surface area contributed by atoms with Crippen molar-refractivity contribution in [2.24, 2.45) is 7.05 Å². The highest BCUT2D eigenvalue weighted by molar-refractivity contribution is 6.30. The van der Waals surface area contributed by atoms with E-state index in [4.69, 9.17) is 11.6 Å². The third kappa shape index (κ3) is 2.47. The lowest BCUT2D eigenvalue weighted by Gasteiger charge is -2.24. The van der Waals surface area contributed by atoms with E-state index in [0.29, 0.717) is 6.04 Å². The number of likely N-dealkylation sites (tertiary alicyclic amines) is 1. The third-order valence-corrected chi connectivity index (χ3v) is 4.52. The quantitative estimate of drug-likeness (QED) is 0.869. The smallest absolute Gasteiger partial charge is 0.131 e. The third-order valence-electron chi connectivity index (χ3n) is 4.07. The molecule has 0 unspecified atom stereocenters. The van der Waals surface area contributed by atoms with Gasteiger partial charge >= 0.3 is 0 Å². The molecule has 0 bridgehead atoms. The molecule has 1 aliphatic heterocycles. The molecule has 1 fully saturated rings. The van der Waals surface area contributed by atoms with E-state index in [9.17, 15) is 0 Å². The molecule has 0 saturated carbocycles. The predicted octanol–water partition coefficient (Wildman–Crippen LogP) is 2.42. The van der Waals surface area contributed by atoms with Crippen LogP contribution in [-0.4, -0.2) is 37.6 Å². The molecule has 0 N–H and O–H groups in total. The average Bonchev–Trinajstić information content (AvgIpc) is 3.10. The van der Waals surface area contributed by atoms with E-state index < -0.39 is 0 Å². The number of hydrogen-bond acceptors (Lipinski definition) is 3. The summed E-state index contributed by atoms with van der Waals surface area (Å²) >= 11 is 6.42. The average molecular weight is 294 g/mol.